The van der Waals surface area contributed by atoms with Crippen molar-refractivity contribution in [1.82, 2.24) is 5.32 Å². The second-order valence-electron chi connectivity index (χ2n) is 7.25. The Morgan fingerprint density at radius 2 is 1.90 bits per heavy atom. The summed E-state index contributed by atoms with van der Waals surface area (Å²) in [7, 11) is 1.61. The van der Waals surface area contributed by atoms with E-state index in [9.17, 15) is 14.4 Å². The summed E-state index contributed by atoms with van der Waals surface area (Å²) in [6.45, 7) is 1.97. The molecule has 1 unspecified atom stereocenters. The fraction of sp³-hybridized carbons (Fsp3) is 0.348. The first-order valence-corrected chi connectivity index (χ1v) is 9.96. The van der Waals surface area contributed by atoms with Gasteiger partial charge in [-0.05, 0) is 55.7 Å². The number of benzene rings is 2. The number of carbonyl (C=O) groups excluding carboxylic acids is 3. The maximum absolute atomic E-state index is 12.6. The first-order valence-electron chi connectivity index (χ1n) is 9.96. The van der Waals surface area contributed by atoms with Gasteiger partial charge in [-0.25, -0.2) is 0 Å². The number of nitrogens with one attached hydrogen (secondary N) is 1. The first kappa shape index (κ1) is 21.4. The van der Waals surface area contributed by atoms with Gasteiger partial charge in [0.25, 0.3) is 11.8 Å². The first-order chi connectivity index (χ1) is 14.5. The Hall–Kier alpha value is -3.35. The number of nitrogens with zero attached hydrogens (tertiary/aromatic N) is 1. The largest absolute Gasteiger partial charge is 0.497 e. The van der Waals surface area contributed by atoms with Crippen LogP contribution in [0.2, 0.25) is 0 Å². The highest BCUT2D eigenvalue weighted by Crippen LogP contribution is 2.30. The van der Waals surface area contributed by atoms with E-state index in [0.29, 0.717) is 12.1 Å². The van der Waals surface area contributed by atoms with Crippen LogP contribution in [-0.4, -0.2) is 44.1 Å². The molecule has 2 amide bonds. The van der Waals surface area contributed by atoms with Gasteiger partial charge in [0.1, 0.15) is 5.75 Å². The fourth-order valence-electron chi connectivity index (χ4n) is 3.44. The second-order valence-corrected chi connectivity index (χ2v) is 7.25. The van der Waals surface area contributed by atoms with Crippen molar-refractivity contribution >= 4 is 23.5 Å². The van der Waals surface area contributed by atoms with Crippen LogP contribution in [0.4, 0.5) is 5.69 Å². The Bertz CT molecular complexity index is 913. The number of ether oxygens (including phenoxy) is 2. The molecule has 3 rings (SSSR count). The van der Waals surface area contributed by atoms with Gasteiger partial charge >= 0.3 is 5.97 Å². The summed E-state index contributed by atoms with van der Waals surface area (Å²) in [6, 6.07) is 14.0. The molecule has 1 aliphatic heterocycles. The number of fused-ring (bicyclic) bond motifs is 1. The van der Waals surface area contributed by atoms with E-state index in [2.05, 4.69) is 5.32 Å². The number of esters is 1. The van der Waals surface area contributed by atoms with Crippen LogP contribution in [0.3, 0.4) is 0 Å². The van der Waals surface area contributed by atoms with Crippen LogP contribution in [0.25, 0.3) is 0 Å². The zero-order valence-corrected chi connectivity index (χ0v) is 17.2. The van der Waals surface area contributed by atoms with E-state index in [0.717, 1.165) is 29.8 Å². The highest BCUT2D eigenvalue weighted by Gasteiger charge is 2.24. The number of amides is 2. The molecule has 0 aliphatic carbocycles. The molecule has 0 saturated heterocycles. The van der Waals surface area contributed by atoms with E-state index < -0.39 is 12.0 Å². The van der Waals surface area contributed by atoms with Gasteiger partial charge in [-0.3, -0.25) is 14.4 Å². The summed E-state index contributed by atoms with van der Waals surface area (Å²) in [5.41, 5.74) is 2.39. The quantitative estimate of drug-likeness (QED) is 0.710. The number of aryl methyl sites for hydroxylation is 1. The SMILES string of the molecule is COc1ccc2c(c1)CCCN2C(=O)COC(=O)CC(C)NC(=O)c1ccccc1. The van der Waals surface area contributed by atoms with Crippen LogP contribution in [0.5, 0.6) is 5.75 Å². The number of hydrogen-bond acceptors (Lipinski definition) is 5. The monoisotopic (exact) mass is 410 g/mol. The Morgan fingerprint density at radius 3 is 2.63 bits per heavy atom. The number of anilines is 1. The lowest BCUT2D eigenvalue weighted by Gasteiger charge is -2.29. The van der Waals surface area contributed by atoms with Crippen LogP contribution >= 0.6 is 0 Å². The zero-order valence-electron chi connectivity index (χ0n) is 17.2. The zero-order chi connectivity index (χ0) is 21.5. The smallest absolute Gasteiger partial charge is 0.308 e. The fourth-order valence-corrected chi connectivity index (χ4v) is 3.44. The van der Waals surface area contributed by atoms with Crippen molar-refractivity contribution in [2.24, 2.45) is 0 Å². The summed E-state index contributed by atoms with van der Waals surface area (Å²) in [6.07, 6.45) is 1.69. The van der Waals surface area contributed by atoms with Gasteiger partial charge in [-0.15, -0.1) is 0 Å². The van der Waals surface area contributed by atoms with Gasteiger partial charge in [0.05, 0.1) is 13.5 Å². The van der Waals surface area contributed by atoms with E-state index in [4.69, 9.17) is 9.47 Å². The summed E-state index contributed by atoms with van der Waals surface area (Å²) >= 11 is 0. The predicted octanol–water partition coefficient (Wildman–Crippen LogP) is 2.73. The number of hydrogen-bond donors (Lipinski definition) is 1. The predicted molar refractivity (Wildman–Crippen MR) is 113 cm³/mol. The van der Waals surface area contributed by atoms with Crippen LogP contribution in [0, 0.1) is 0 Å². The molecule has 1 heterocycles. The van der Waals surface area contributed by atoms with E-state index in [1.165, 1.54) is 0 Å². The molecule has 1 N–H and O–H groups in total. The van der Waals surface area contributed by atoms with Crippen molar-refractivity contribution < 1.29 is 23.9 Å². The number of rotatable bonds is 7. The molecule has 2 aromatic carbocycles. The molecule has 1 aliphatic rings. The molecular formula is C23H26N2O5. The standard InChI is InChI=1S/C23H26N2O5/c1-16(24-23(28)17-7-4-3-5-8-17)13-22(27)30-15-21(26)25-12-6-9-18-14-19(29-2)10-11-20(18)25/h3-5,7-8,10-11,14,16H,6,9,12-13,15H2,1-2H3,(H,24,28). The Balaban J connectivity index is 1.49. The molecule has 0 spiro atoms. The molecule has 7 heteroatoms. The lowest BCUT2D eigenvalue weighted by Crippen LogP contribution is -2.39. The van der Waals surface area contributed by atoms with Crippen LogP contribution in [-0.2, 0) is 20.7 Å². The maximum Gasteiger partial charge on any atom is 0.308 e. The minimum absolute atomic E-state index is 0.0142. The molecule has 30 heavy (non-hydrogen) atoms. The van der Waals surface area contributed by atoms with Gasteiger partial charge in [-0.2, -0.15) is 0 Å². The van der Waals surface area contributed by atoms with Crippen molar-refractivity contribution in [3.8, 4) is 5.75 Å². The van der Waals surface area contributed by atoms with Crippen LogP contribution < -0.4 is 15.0 Å². The maximum atomic E-state index is 12.6. The number of methoxy groups -OCH3 is 1. The molecule has 0 saturated carbocycles. The van der Waals surface area contributed by atoms with Crippen molar-refractivity contribution in [3.63, 3.8) is 0 Å². The van der Waals surface area contributed by atoms with Crippen molar-refractivity contribution in [2.45, 2.75) is 32.2 Å². The van der Waals surface area contributed by atoms with Gasteiger partial charge in [0.15, 0.2) is 6.61 Å². The molecular weight excluding hydrogens is 384 g/mol. The third kappa shape index (κ3) is 5.37. The summed E-state index contributed by atoms with van der Waals surface area (Å²) in [5.74, 6) is -0.306. The Morgan fingerprint density at radius 1 is 1.13 bits per heavy atom. The van der Waals surface area contributed by atoms with Crippen molar-refractivity contribution in [2.75, 3.05) is 25.2 Å². The minimum atomic E-state index is -0.531. The molecule has 0 aromatic heterocycles. The lowest BCUT2D eigenvalue weighted by molar-refractivity contribution is -0.148. The minimum Gasteiger partial charge on any atom is -0.497 e. The van der Waals surface area contributed by atoms with E-state index in [1.54, 1.807) is 43.2 Å². The topological polar surface area (TPSA) is 84.9 Å². The molecule has 0 radical (unpaired) electrons. The average Bonchev–Trinajstić information content (AvgIpc) is 2.77. The van der Waals surface area contributed by atoms with Crippen molar-refractivity contribution in [3.05, 3.63) is 59.7 Å². The lowest BCUT2D eigenvalue weighted by atomic mass is 10.0. The van der Waals surface area contributed by atoms with Crippen LogP contribution in [0.15, 0.2) is 48.5 Å². The second kappa shape index (κ2) is 9.91. The highest BCUT2D eigenvalue weighted by molar-refractivity contribution is 5.96. The van der Waals surface area contributed by atoms with Crippen molar-refractivity contribution in [1.29, 1.82) is 0 Å². The van der Waals surface area contributed by atoms with Gasteiger partial charge in [0, 0.05) is 23.8 Å². The molecule has 2 aromatic rings. The van der Waals surface area contributed by atoms with Gasteiger partial charge < -0.3 is 19.7 Å². The van der Waals surface area contributed by atoms with Gasteiger partial charge in [0.2, 0.25) is 0 Å². The summed E-state index contributed by atoms with van der Waals surface area (Å²) in [4.78, 5) is 38.5. The molecule has 0 bridgehead atoms. The Labute approximate surface area is 176 Å². The normalized spacial score (nSPS) is 13.7. The van der Waals surface area contributed by atoms with Gasteiger partial charge in [-0.1, -0.05) is 18.2 Å². The van der Waals surface area contributed by atoms with E-state index in [1.807, 2.05) is 24.3 Å². The molecule has 1 atom stereocenters. The molecule has 0 fully saturated rings. The van der Waals surface area contributed by atoms with E-state index in [-0.39, 0.29) is 24.8 Å². The average molecular weight is 410 g/mol. The third-order valence-corrected chi connectivity index (χ3v) is 4.95. The van der Waals surface area contributed by atoms with Crippen LogP contribution in [0.1, 0.15) is 35.7 Å². The third-order valence-electron chi connectivity index (χ3n) is 4.95. The Kier molecular flexibility index (Phi) is 7.06. The highest BCUT2D eigenvalue weighted by atomic mass is 16.5. The van der Waals surface area contributed by atoms with E-state index >= 15 is 0 Å². The molecule has 158 valence electrons. The number of carbonyl (C=O) groups is 3. The summed E-state index contributed by atoms with van der Waals surface area (Å²) in [5, 5.41) is 2.75. The molecule has 7 nitrogen and oxygen atoms in total. The summed E-state index contributed by atoms with van der Waals surface area (Å²) < 4.78 is 10.4.